The number of hydrogen-bond acceptors (Lipinski definition) is 4. The Hall–Kier alpha value is -3.34. The van der Waals surface area contributed by atoms with Gasteiger partial charge in [0.15, 0.2) is 0 Å². The molecule has 5 nitrogen and oxygen atoms in total. The van der Waals surface area contributed by atoms with Crippen LogP contribution in [-0.2, 0) is 12.8 Å². The van der Waals surface area contributed by atoms with E-state index in [1.165, 1.54) is 11.1 Å². The fourth-order valence-electron chi connectivity index (χ4n) is 3.53. The van der Waals surface area contributed by atoms with Crippen LogP contribution in [0.5, 0.6) is 5.75 Å². The largest absolute Gasteiger partial charge is 0.497 e. The van der Waals surface area contributed by atoms with E-state index in [4.69, 9.17) is 9.72 Å². The standard InChI is InChI=1S/C21H18N4O/c1-26-17-6-4-13-2-3-15-12-23-21(25-20(15)18(13)11-17)24-16-5-7-19-14(10-16)8-9-22-19/h4-12,22H,2-3H2,1H3,(H,23,24,25). The molecule has 2 N–H and O–H groups in total. The van der Waals surface area contributed by atoms with E-state index in [0.29, 0.717) is 5.95 Å². The SMILES string of the molecule is COc1ccc2c(c1)-c1nc(Nc3ccc4[nH]ccc4c3)ncc1CC2. The summed E-state index contributed by atoms with van der Waals surface area (Å²) in [5.74, 6) is 1.46. The molecule has 0 saturated heterocycles. The van der Waals surface area contributed by atoms with Gasteiger partial charge in [0.05, 0.1) is 12.8 Å². The molecule has 0 atom stereocenters. The van der Waals surface area contributed by atoms with Crippen LogP contribution in [0.25, 0.3) is 22.2 Å². The topological polar surface area (TPSA) is 62.8 Å². The van der Waals surface area contributed by atoms with Gasteiger partial charge < -0.3 is 15.0 Å². The molecular weight excluding hydrogens is 324 g/mol. The fraction of sp³-hybridized carbons (Fsp3) is 0.143. The number of methoxy groups -OCH3 is 1. The first-order valence-corrected chi connectivity index (χ1v) is 8.67. The third-order valence-electron chi connectivity index (χ3n) is 4.91. The summed E-state index contributed by atoms with van der Waals surface area (Å²) in [5, 5.41) is 4.48. The minimum atomic E-state index is 0.606. The van der Waals surface area contributed by atoms with Crippen molar-refractivity contribution in [2.45, 2.75) is 12.8 Å². The van der Waals surface area contributed by atoms with E-state index in [-0.39, 0.29) is 0 Å². The van der Waals surface area contributed by atoms with Crippen LogP contribution in [0.3, 0.4) is 0 Å². The number of fused-ring (bicyclic) bond motifs is 4. The molecule has 0 aliphatic heterocycles. The van der Waals surface area contributed by atoms with E-state index < -0.39 is 0 Å². The Bertz CT molecular complexity index is 1120. The number of hydrogen-bond donors (Lipinski definition) is 2. The number of anilines is 2. The zero-order valence-corrected chi connectivity index (χ0v) is 14.4. The van der Waals surface area contributed by atoms with Gasteiger partial charge in [0, 0.05) is 34.5 Å². The van der Waals surface area contributed by atoms with Crippen LogP contribution < -0.4 is 10.1 Å². The molecule has 2 heterocycles. The first-order chi connectivity index (χ1) is 12.8. The lowest BCUT2D eigenvalue weighted by atomic mass is 9.90. The third kappa shape index (κ3) is 2.49. The maximum absolute atomic E-state index is 5.39. The lowest BCUT2D eigenvalue weighted by Gasteiger charge is -2.20. The van der Waals surface area contributed by atoms with E-state index in [0.717, 1.165) is 46.4 Å². The van der Waals surface area contributed by atoms with Gasteiger partial charge in [-0.2, -0.15) is 0 Å². The summed E-state index contributed by atoms with van der Waals surface area (Å²) in [4.78, 5) is 12.5. The molecule has 0 bridgehead atoms. The first kappa shape index (κ1) is 15.0. The molecule has 0 amide bonds. The molecule has 0 fully saturated rings. The number of nitrogens with one attached hydrogen (secondary N) is 2. The number of aryl methyl sites for hydroxylation is 2. The molecule has 0 radical (unpaired) electrons. The third-order valence-corrected chi connectivity index (χ3v) is 4.91. The average Bonchev–Trinajstić information content (AvgIpc) is 3.15. The van der Waals surface area contributed by atoms with Gasteiger partial charge in [-0.05, 0) is 60.4 Å². The fourth-order valence-corrected chi connectivity index (χ4v) is 3.53. The first-order valence-electron chi connectivity index (χ1n) is 8.67. The molecule has 128 valence electrons. The van der Waals surface area contributed by atoms with Crippen LogP contribution in [0.1, 0.15) is 11.1 Å². The van der Waals surface area contributed by atoms with Gasteiger partial charge in [0.1, 0.15) is 5.75 Å². The second-order valence-corrected chi connectivity index (χ2v) is 6.50. The van der Waals surface area contributed by atoms with Gasteiger partial charge in [0.25, 0.3) is 0 Å². The average molecular weight is 342 g/mol. The molecule has 2 aromatic heterocycles. The van der Waals surface area contributed by atoms with Crippen molar-refractivity contribution >= 4 is 22.5 Å². The molecule has 1 aliphatic rings. The molecule has 0 unspecified atom stereocenters. The molecule has 5 heteroatoms. The summed E-state index contributed by atoms with van der Waals surface area (Å²) in [7, 11) is 1.69. The Kier molecular flexibility index (Phi) is 3.38. The van der Waals surface area contributed by atoms with Gasteiger partial charge in [-0.3, -0.25) is 0 Å². The van der Waals surface area contributed by atoms with Crippen LogP contribution in [0, 0.1) is 0 Å². The number of aromatic amines is 1. The predicted molar refractivity (Wildman–Crippen MR) is 103 cm³/mol. The van der Waals surface area contributed by atoms with Crippen molar-refractivity contribution < 1.29 is 4.74 Å². The van der Waals surface area contributed by atoms with Gasteiger partial charge in [-0.25, -0.2) is 9.97 Å². The Morgan fingerprint density at radius 1 is 1.04 bits per heavy atom. The maximum atomic E-state index is 5.39. The smallest absolute Gasteiger partial charge is 0.227 e. The lowest BCUT2D eigenvalue weighted by molar-refractivity contribution is 0.415. The maximum Gasteiger partial charge on any atom is 0.227 e. The Morgan fingerprint density at radius 2 is 1.96 bits per heavy atom. The number of aromatic nitrogens is 3. The van der Waals surface area contributed by atoms with Crippen LogP contribution in [0.4, 0.5) is 11.6 Å². The molecule has 5 rings (SSSR count). The van der Waals surface area contributed by atoms with Crippen molar-refractivity contribution in [3.05, 3.63) is 66.0 Å². The highest BCUT2D eigenvalue weighted by Gasteiger charge is 2.19. The lowest BCUT2D eigenvalue weighted by Crippen LogP contribution is -2.09. The quantitative estimate of drug-likeness (QED) is 0.576. The summed E-state index contributed by atoms with van der Waals surface area (Å²) in [6, 6.07) is 14.4. The van der Waals surface area contributed by atoms with Crippen molar-refractivity contribution in [3.8, 4) is 17.0 Å². The number of nitrogens with zero attached hydrogens (tertiary/aromatic N) is 2. The second-order valence-electron chi connectivity index (χ2n) is 6.50. The van der Waals surface area contributed by atoms with Gasteiger partial charge in [-0.1, -0.05) is 6.07 Å². The van der Waals surface area contributed by atoms with Crippen molar-refractivity contribution in [2.24, 2.45) is 0 Å². The van der Waals surface area contributed by atoms with Crippen molar-refractivity contribution in [1.29, 1.82) is 0 Å². The van der Waals surface area contributed by atoms with Gasteiger partial charge >= 0.3 is 0 Å². The van der Waals surface area contributed by atoms with E-state index in [1.807, 2.05) is 24.5 Å². The molecule has 4 aromatic rings. The number of H-pyrrole nitrogens is 1. The summed E-state index contributed by atoms with van der Waals surface area (Å²) >= 11 is 0. The van der Waals surface area contributed by atoms with Crippen molar-refractivity contribution in [2.75, 3.05) is 12.4 Å². The highest BCUT2D eigenvalue weighted by Crippen LogP contribution is 2.35. The van der Waals surface area contributed by atoms with E-state index in [9.17, 15) is 0 Å². The molecule has 0 spiro atoms. The predicted octanol–water partition coefficient (Wildman–Crippen LogP) is 4.48. The van der Waals surface area contributed by atoms with Crippen LogP contribution in [0.2, 0.25) is 0 Å². The molecule has 0 saturated carbocycles. The highest BCUT2D eigenvalue weighted by molar-refractivity contribution is 5.83. The second kappa shape index (κ2) is 5.88. The van der Waals surface area contributed by atoms with Crippen LogP contribution >= 0.6 is 0 Å². The highest BCUT2D eigenvalue weighted by atomic mass is 16.5. The van der Waals surface area contributed by atoms with E-state index in [2.05, 4.69) is 45.6 Å². The van der Waals surface area contributed by atoms with Crippen molar-refractivity contribution in [1.82, 2.24) is 15.0 Å². The van der Waals surface area contributed by atoms with Crippen molar-refractivity contribution in [3.63, 3.8) is 0 Å². The van der Waals surface area contributed by atoms with Gasteiger partial charge in [0.2, 0.25) is 5.95 Å². The minimum absolute atomic E-state index is 0.606. The summed E-state index contributed by atoms with van der Waals surface area (Å²) in [6.07, 6.45) is 5.84. The monoisotopic (exact) mass is 342 g/mol. The zero-order valence-electron chi connectivity index (χ0n) is 14.4. The number of ether oxygens (including phenoxy) is 1. The van der Waals surface area contributed by atoms with E-state index in [1.54, 1.807) is 7.11 Å². The van der Waals surface area contributed by atoms with Crippen LogP contribution in [0.15, 0.2) is 54.9 Å². The summed E-state index contributed by atoms with van der Waals surface area (Å²) < 4.78 is 5.39. The Morgan fingerprint density at radius 3 is 2.88 bits per heavy atom. The molecule has 2 aromatic carbocycles. The minimum Gasteiger partial charge on any atom is -0.497 e. The Balaban J connectivity index is 1.53. The normalized spacial score (nSPS) is 12.5. The summed E-state index contributed by atoms with van der Waals surface area (Å²) in [6.45, 7) is 0. The van der Waals surface area contributed by atoms with Crippen LogP contribution in [-0.4, -0.2) is 22.1 Å². The number of rotatable bonds is 3. The van der Waals surface area contributed by atoms with E-state index >= 15 is 0 Å². The summed E-state index contributed by atoms with van der Waals surface area (Å²) in [5.41, 5.74) is 6.69. The Labute approximate surface area is 151 Å². The molecule has 1 aliphatic carbocycles. The molecular formula is C21H18N4O. The number of benzene rings is 2. The molecule has 26 heavy (non-hydrogen) atoms. The zero-order chi connectivity index (χ0) is 17.5. The van der Waals surface area contributed by atoms with Gasteiger partial charge in [-0.15, -0.1) is 0 Å².